The van der Waals surface area contributed by atoms with E-state index in [-0.39, 0.29) is 10.8 Å². The van der Waals surface area contributed by atoms with E-state index in [4.69, 9.17) is 21.5 Å². The first-order chi connectivity index (χ1) is 7.58. The molecule has 0 aliphatic heterocycles. The molecule has 1 rings (SSSR count). The summed E-state index contributed by atoms with van der Waals surface area (Å²) in [5, 5.41) is 21.4. The second-order valence-electron chi connectivity index (χ2n) is 3.46. The summed E-state index contributed by atoms with van der Waals surface area (Å²) in [6, 6.07) is 3.38. The SMILES string of the molecule is COc1cc(CC/C(C)=N/O)cc(Cl)c1O. The van der Waals surface area contributed by atoms with Gasteiger partial charge in [0.15, 0.2) is 11.5 Å². The molecule has 1 aromatic rings. The van der Waals surface area contributed by atoms with E-state index >= 15 is 0 Å². The van der Waals surface area contributed by atoms with Gasteiger partial charge in [-0.3, -0.25) is 0 Å². The van der Waals surface area contributed by atoms with Crippen LogP contribution in [0, 0.1) is 0 Å². The third kappa shape index (κ3) is 3.03. The normalized spacial score (nSPS) is 11.6. The summed E-state index contributed by atoms with van der Waals surface area (Å²) in [6.45, 7) is 1.74. The van der Waals surface area contributed by atoms with E-state index in [0.29, 0.717) is 24.3 Å². The molecule has 88 valence electrons. The van der Waals surface area contributed by atoms with Gasteiger partial charge in [0.2, 0.25) is 0 Å². The lowest BCUT2D eigenvalue weighted by atomic mass is 10.1. The Morgan fingerprint density at radius 2 is 2.19 bits per heavy atom. The smallest absolute Gasteiger partial charge is 0.176 e. The van der Waals surface area contributed by atoms with Gasteiger partial charge in [-0.15, -0.1) is 0 Å². The third-order valence-electron chi connectivity index (χ3n) is 2.25. The van der Waals surface area contributed by atoms with Crippen LogP contribution in [0.15, 0.2) is 17.3 Å². The summed E-state index contributed by atoms with van der Waals surface area (Å²) >= 11 is 5.84. The maximum atomic E-state index is 9.52. The van der Waals surface area contributed by atoms with E-state index in [0.717, 1.165) is 5.56 Å². The molecule has 0 amide bonds. The zero-order chi connectivity index (χ0) is 12.1. The van der Waals surface area contributed by atoms with E-state index in [2.05, 4.69) is 5.16 Å². The number of hydrogen-bond acceptors (Lipinski definition) is 4. The summed E-state index contributed by atoms with van der Waals surface area (Å²) in [5.41, 5.74) is 1.56. The van der Waals surface area contributed by atoms with Gasteiger partial charge >= 0.3 is 0 Å². The molecule has 0 fully saturated rings. The predicted octanol–water partition coefficient (Wildman–Crippen LogP) is 2.84. The molecule has 0 atom stereocenters. The van der Waals surface area contributed by atoms with Gasteiger partial charge in [-0.05, 0) is 37.5 Å². The number of aryl methyl sites for hydroxylation is 1. The first-order valence-electron chi connectivity index (χ1n) is 4.81. The molecule has 0 aliphatic carbocycles. The number of hydrogen-bond donors (Lipinski definition) is 2. The maximum absolute atomic E-state index is 9.52. The number of rotatable bonds is 4. The van der Waals surface area contributed by atoms with Gasteiger partial charge in [0.1, 0.15) is 0 Å². The van der Waals surface area contributed by atoms with Gasteiger partial charge in [-0.25, -0.2) is 0 Å². The first kappa shape index (κ1) is 12.6. The van der Waals surface area contributed by atoms with E-state index in [1.807, 2.05) is 0 Å². The second-order valence-corrected chi connectivity index (χ2v) is 3.87. The Kier molecular flexibility index (Phi) is 4.43. The number of nitrogens with zero attached hydrogens (tertiary/aromatic N) is 1. The highest BCUT2D eigenvalue weighted by molar-refractivity contribution is 6.32. The fraction of sp³-hybridized carbons (Fsp3) is 0.364. The molecule has 0 radical (unpaired) electrons. The van der Waals surface area contributed by atoms with Crippen LogP contribution in [0.4, 0.5) is 0 Å². The van der Waals surface area contributed by atoms with Crippen LogP contribution in [0.3, 0.4) is 0 Å². The minimum Gasteiger partial charge on any atom is -0.503 e. The van der Waals surface area contributed by atoms with Crippen molar-refractivity contribution < 1.29 is 15.1 Å². The van der Waals surface area contributed by atoms with Crippen LogP contribution in [-0.4, -0.2) is 23.1 Å². The van der Waals surface area contributed by atoms with E-state index < -0.39 is 0 Å². The monoisotopic (exact) mass is 243 g/mol. The summed E-state index contributed by atoms with van der Waals surface area (Å²) in [6.07, 6.45) is 1.30. The van der Waals surface area contributed by atoms with Gasteiger partial charge in [0.25, 0.3) is 0 Å². The first-order valence-corrected chi connectivity index (χ1v) is 5.19. The third-order valence-corrected chi connectivity index (χ3v) is 2.54. The summed E-state index contributed by atoms with van der Waals surface area (Å²) in [7, 11) is 1.47. The van der Waals surface area contributed by atoms with Crippen molar-refractivity contribution in [1.82, 2.24) is 0 Å². The number of oxime groups is 1. The molecule has 16 heavy (non-hydrogen) atoms. The van der Waals surface area contributed by atoms with Crippen molar-refractivity contribution >= 4 is 17.3 Å². The summed E-state index contributed by atoms with van der Waals surface area (Å²) in [5.74, 6) is 0.293. The summed E-state index contributed by atoms with van der Waals surface area (Å²) in [4.78, 5) is 0. The molecule has 0 spiro atoms. The molecule has 1 aromatic carbocycles. The molecule has 5 heteroatoms. The summed E-state index contributed by atoms with van der Waals surface area (Å²) < 4.78 is 4.99. The molecule has 0 unspecified atom stereocenters. The largest absolute Gasteiger partial charge is 0.503 e. The highest BCUT2D eigenvalue weighted by atomic mass is 35.5. The lowest BCUT2D eigenvalue weighted by Crippen LogP contribution is -1.96. The lowest BCUT2D eigenvalue weighted by molar-refractivity contribution is 0.317. The van der Waals surface area contributed by atoms with Crippen LogP contribution in [0.5, 0.6) is 11.5 Å². The van der Waals surface area contributed by atoms with Crippen LogP contribution in [0.1, 0.15) is 18.9 Å². The molecular weight excluding hydrogens is 230 g/mol. The van der Waals surface area contributed by atoms with Crippen LogP contribution < -0.4 is 4.74 Å². The Balaban J connectivity index is 2.86. The average molecular weight is 244 g/mol. The lowest BCUT2D eigenvalue weighted by Gasteiger charge is -2.08. The molecular formula is C11H14ClNO3. The number of aromatic hydroxyl groups is 1. The zero-order valence-electron chi connectivity index (χ0n) is 9.20. The Bertz CT molecular complexity index is 404. The van der Waals surface area contributed by atoms with Crippen LogP contribution in [-0.2, 0) is 6.42 Å². The van der Waals surface area contributed by atoms with Crippen LogP contribution >= 0.6 is 11.6 Å². The fourth-order valence-electron chi connectivity index (χ4n) is 1.30. The highest BCUT2D eigenvalue weighted by Crippen LogP contribution is 2.35. The average Bonchev–Trinajstić information content (AvgIpc) is 2.29. The molecule has 0 saturated heterocycles. The number of benzene rings is 1. The number of phenolic OH excluding ortho intramolecular Hbond substituents is 1. The molecule has 0 saturated carbocycles. The molecule has 0 heterocycles. The van der Waals surface area contributed by atoms with E-state index in [9.17, 15) is 5.11 Å². The Morgan fingerprint density at radius 1 is 1.50 bits per heavy atom. The van der Waals surface area contributed by atoms with Gasteiger partial charge in [-0.1, -0.05) is 16.8 Å². The maximum Gasteiger partial charge on any atom is 0.176 e. The molecule has 2 N–H and O–H groups in total. The standard InChI is InChI=1S/C11H14ClNO3/c1-7(13-15)3-4-8-5-9(12)11(14)10(6-8)16-2/h5-6,14-15H,3-4H2,1-2H3/b13-7+. The topological polar surface area (TPSA) is 62.0 Å². The molecule has 0 aromatic heterocycles. The van der Waals surface area contributed by atoms with Crippen molar-refractivity contribution in [1.29, 1.82) is 0 Å². The van der Waals surface area contributed by atoms with Crippen molar-refractivity contribution in [2.24, 2.45) is 5.16 Å². The van der Waals surface area contributed by atoms with Crippen molar-refractivity contribution in [3.05, 3.63) is 22.7 Å². The van der Waals surface area contributed by atoms with Crippen molar-refractivity contribution in [2.45, 2.75) is 19.8 Å². The van der Waals surface area contributed by atoms with Crippen molar-refractivity contribution in [3.63, 3.8) is 0 Å². The van der Waals surface area contributed by atoms with Gasteiger partial charge < -0.3 is 15.1 Å². The minimum atomic E-state index is -0.0551. The molecule has 0 aliphatic rings. The zero-order valence-corrected chi connectivity index (χ0v) is 9.95. The van der Waals surface area contributed by atoms with Crippen LogP contribution in [0.2, 0.25) is 5.02 Å². The van der Waals surface area contributed by atoms with Gasteiger partial charge in [0, 0.05) is 0 Å². The Labute approximate surface area is 99.1 Å². The number of halogens is 1. The second kappa shape index (κ2) is 5.61. The van der Waals surface area contributed by atoms with E-state index in [1.54, 1.807) is 19.1 Å². The Hall–Kier alpha value is -1.42. The van der Waals surface area contributed by atoms with Crippen LogP contribution in [0.25, 0.3) is 0 Å². The predicted molar refractivity (Wildman–Crippen MR) is 62.9 cm³/mol. The molecule has 0 bridgehead atoms. The quantitative estimate of drug-likeness (QED) is 0.486. The number of phenols is 1. The van der Waals surface area contributed by atoms with Gasteiger partial charge in [-0.2, -0.15) is 0 Å². The molecule has 4 nitrogen and oxygen atoms in total. The minimum absolute atomic E-state index is 0.0551. The van der Waals surface area contributed by atoms with Gasteiger partial charge in [0.05, 0.1) is 17.8 Å². The highest BCUT2D eigenvalue weighted by Gasteiger charge is 2.09. The number of ether oxygens (including phenoxy) is 1. The van der Waals surface area contributed by atoms with E-state index in [1.165, 1.54) is 7.11 Å². The Morgan fingerprint density at radius 3 is 2.75 bits per heavy atom. The van der Waals surface area contributed by atoms with Crippen molar-refractivity contribution in [2.75, 3.05) is 7.11 Å². The van der Waals surface area contributed by atoms with Crippen molar-refractivity contribution in [3.8, 4) is 11.5 Å². The number of methoxy groups -OCH3 is 1. The fourth-order valence-corrected chi connectivity index (χ4v) is 1.54.